The van der Waals surface area contributed by atoms with Gasteiger partial charge in [0.1, 0.15) is 0 Å². The Morgan fingerprint density at radius 1 is 0.812 bits per heavy atom. The molecule has 0 amide bonds. The third kappa shape index (κ3) is 3.10. The van der Waals surface area contributed by atoms with E-state index in [0.29, 0.717) is 5.71 Å². The van der Waals surface area contributed by atoms with Crippen molar-refractivity contribution in [1.82, 2.24) is 9.97 Å². The fraction of sp³-hybridized carbons (Fsp3) is 0.143. The summed E-state index contributed by atoms with van der Waals surface area (Å²) in [5.41, 5.74) is 5.35. The Kier molecular flexibility index (Phi) is 4.21. The fourth-order valence-corrected chi connectivity index (χ4v) is 5.52. The van der Waals surface area contributed by atoms with E-state index in [-0.39, 0.29) is 5.41 Å². The summed E-state index contributed by atoms with van der Waals surface area (Å²) >= 11 is 1.77. The highest BCUT2D eigenvalue weighted by Crippen LogP contribution is 2.41. The average Bonchev–Trinajstić information content (AvgIpc) is 3.43. The Hall–Kier alpha value is -3.50. The minimum absolute atomic E-state index is 0.0375. The highest BCUT2D eigenvalue weighted by molar-refractivity contribution is 7.22. The Labute approximate surface area is 190 Å². The van der Waals surface area contributed by atoms with Gasteiger partial charge in [0.2, 0.25) is 5.71 Å². The van der Waals surface area contributed by atoms with Gasteiger partial charge in [-0.3, -0.25) is 4.98 Å². The van der Waals surface area contributed by atoms with Crippen molar-refractivity contribution >= 4 is 43.3 Å². The molecule has 32 heavy (non-hydrogen) atoms. The van der Waals surface area contributed by atoms with E-state index in [0.717, 1.165) is 22.2 Å². The first-order valence-corrected chi connectivity index (χ1v) is 11.5. The largest absolute Gasteiger partial charge is 0.446 e. The van der Waals surface area contributed by atoms with Gasteiger partial charge in [-0.1, -0.05) is 45.0 Å². The number of aromatic nitrogens is 2. The minimum Gasteiger partial charge on any atom is -0.446 e. The number of fused-ring (bicyclic) bond motifs is 3. The van der Waals surface area contributed by atoms with Crippen LogP contribution in [0.1, 0.15) is 26.3 Å². The molecule has 2 aromatic carbocycles. The van der Waals surface area contributed by atoms with Crippen molar-refractivity contribution in [2.45, 2.75) is 26.2 Å². The summed E-state index contributed by atoms with van der Waals surface area (Å²) in [6.07, 6.45) is 5.48. The van der Waals surface area contributed by atoms with Crippen LogP contribution in [0.2, 0.25) is 0 Å². The molecule has 6 aromatic rings. The zero-order chi connectivity index (χ0) is 21.9. The molecule has 0 aliphatic rings. The van der Waals surface area contributed by atoms with Crippen LogP contribution < -0.4 is 0 Å². The van der Waals surface area contributed by atoms with Crippen LogP contribution in [-0.2, 0) is 5.41 Å². The lowest BCUT2D eigenvalue weighted by atomic mass is 9.82. The van der Waals surface area contributed by atoms with Crippen LogP contribution in [0, 0.1) is 0 Å². The van der Waals surface area contributed by atoms with Crippen LogP contribution in [-0.4, -0.2) is 9.97 Å². The summed E-state index contributed by atoms with van der Waals surface area (Å²) in [6, 6.07) is 21.6. The molecule has 0 radical (unpaired) electrons. The molecule has 0 aliphatic heterocycles. The lowest BCUT2D eigenvalue weighted by Crippen LogP contribution is -2.12. The zero-order valence-electron chi connectivity index (χ0n) is 18.2. The van der Waals surface area contributed by atoms with Gasteiger partial charge in [0.15, 0.2) is 0 Å². The van der Waals surface area contributed by atoms with Crippen LogP contribution >= 0.6 is 11.3 Å². The Balaban J connectivity index is 1.56. The molecule has 6 rings (SSSR count). The number of rotatable bonds is 2. The number of nitrogens with zero attached hydrogens (tertiary/aromatic N) is 2. The van der Waals surface area contributed by atoms with E-state index in [4.69, 9.17) is 9.40 Å². The van der Waals surface area contributed by atoms with Gasteiger partial charge in [-0.2, -0.15) is 0 Å². The van der Waals surface area contributed by atoms with E-state index in [1.165, 1.54) is 31.3 Å². The van der Waals surface area contributed by atoms with E-state index < -0.39 is 0 Å². The van der Waals surface area contributed by atoms with E-state index >= 15 is 0 Å². The molecule has 4 aromatic heterocycles. The Morgan fingerprint density at radius 2 is 1.66 bits per heavy atom. The van der Waals surface area contributed by atoms with E-state index in [1.54, 1.807) is 17.6 Å². The first kappa shape index (κ1) is 19.2. The lowest BCUT2D eigenvalue weighted by molar-refractivity contribution is 0.596. The quantitative estimate of drug-likeness (QED) is 0.275. The molecule has 4 heteroatoms. The number of thiophene rings is 1. The molecule has 0 atom stereocenters. The van der Waals surface area contributed by atoms with Crippen LogP contribution in [0.15, 0.2) is 83.7 Å². The molecule has 3 nitrogen and oxygen atoms in total. The molecular formula is C28H22N2OS. The predicted octanol–water partition coefficient (Wildman–Crippen LogP) is 8.22. The summed E-state index contributed by atoms with van der Waals surface area (Å²) in [6.45, 7) is 6.82. The highest BCUT2D eigenvalue weighted by Gasteiger charge is 2.20. The summed E-state index contributed by atoms with van der Waals surface area (Å²) in [4.78, 5) is 10.5. The third-order valence-electron chi connectivity index (χ3n) is 5.97. The molecule has 0 fully saturated rings. The van der Waals surface area contributed by atoms with Crippen molar-refractivity contribution in [2.24, 2.45) is 0 Å². The van der Waals surface area contributed by atoms with Crippen molar-refractivity contribution in [3.05, 3.63) is 84.9 Å². The first-order valence-electron chi connectivity index (χ1n) is 10.7. The second kappa shape index (κ2) is 7.01. The van der Waals surface area contributed by atoms with Crippen LogP contribution in [0.25, 0.3) is 53.7 Å². The standard InChI is InChI=1S/C28H22N2OS/c1-28(2,3)23-14-20(12-17-6-4-5-7-22(17)23)25-26-18(8-10-29-25)15-24(32-26)21-13-19-9-11-31-27(19)30-16-21/h4-16H,1-3H3. The van der Waals surface area contributed by atoms with Gasteiger partial charge in [0, 0.05) is 33.8 Å². The van der Waals surface area contributed by atoms with Crippen molar-refractivity contribution < 1.29 is 4.42 Å². The van der Waals surface area contributed by atoms with Gasteiger partial charge in [0.05, 0.1) is 16.7 Å². The fourth-order valence-electron chi connectivity index (χ4n) is 4.37. The Morgan fingerprint density at radius 3 is 2.53 bits per heavy atom. The zero-order valence-corrected chi connectivity index (χ0v) is 19.0. The second-order valence-corrected chi connectivity index (χ2v) is 10.3. The molecule has 0 spiro atoms. The van der Waals surface area contributed by atoms with Crippen LogP contribution in [0.5, 0.6) is 0 Å². The van der Waals surface area contributed by atoms with Crippen molar-refractivity contribution in [3.63, 3.8) is 0 Å². The summed E-state index contributed by atoms with van der Waals surface area (Å²) < 4.78 is 6.60. The monoisotopic (exact) mass is 434 g/mol. The van der Waals surface area contributed by atoms with E-state index in [9.17, 15) is 0 Å². The molecule has 0 aliphatic carbocycles. The van der Waals surface area contributed by atoms with Crippen molar-refractivity contribution in [3.8, 4) is 21.7 Å². The maximum atomic E-state index is 5.40. The maximum Gasteiger partial charge on any atom is 0.225 e. The SMILES string of the molecule is CC(C)(C)c1cc(-c2nccc3cc(-c4cnc5occc5c4)sc23)cc2ccccc12. The topological polar surface area (TPSA) is 38.9 Å². The third-order valence-corrected chi connectivity index (χ3v) is 7.17. The van der Waals surface area contributed by atoms with Gasteiger partial charge in [-0.15, -0.1) is 11.3 Å². The van der Waals surface area contributed by atoms with E-state index in [2.05, 4.69) is 80.4 Å². The van der Waals surface area contributed by atoms with Gasteiger partial charge < -0.3 is 4.42 Å². The number of furan rings is 1. The molecule has 0 saturated heterocycles. The van der Waals surface area contributed by atoms with Gasteiger partial charge in [0.25, 0.3) is 0 Å². The number of hydrogen-bond donors (Lipinski definition) is 0. The minimum atomic E-state index is 0.0375. The van der Waals surface area contributed by atoms with Gasteiger partial charge in [-0.05, 0) is 63.5 Å². The summed E-state index contributed by atoms with van der Waals surface area (Å²) in [7, 11) is 0. The summed E-state index contributed by atoms with van der Waals surface area (Å²) in [5, 5.41) is 4.78. The second-order valence-electron chi connectivity index (χ2n) is 9.22. The molecule has 0 unspecified atom stereocenters. The van der Waals surface area contributed by atoms with Crippen LogP contribution in [0.4, 0.5) is 0 Å². The van der Waals surface area contributed by atoms with E-state index in [1.807, 2.05) is 18.5 Å². The van der Waals surface area contributed by atoms with Gasteiger partial charge >= 0.3 is 0 Å². The molecule has 0 N–H and O–H groups in total. The number of hydrogen-bond acceptors (Lipinski definition) is 4. The lowest BCUT2D eigenvalue weighted by Gasteiger charge is -2.22. The Bertz CT molecular complexity index is 1620. The number of benzene rings is 2. The number of pyridine rings is 2. The smallest absolute Gasteiger partial charge is 0.225 e. The predicted molar refractivity (Wildman–Crippen MR) is 134 cm³/mol. The van der Waals surface area contributed by atoms with Crippen LogP contribution in [0.3, 0.4) is 0 Å². The first-order chi connectivity index (χ1) is 15.5. The van der Waals surface area contributed by atoms with Crippen molar-refractivity contribution in [1.29, 1.82) is 0 Å². The average molecular weight is 435 g/mol. The molecule has 156 valence electrons. The van der Waals surface area contributed by atoms with Gasteiger partial charge in [-0.25, -0.2) is 4.98 Å². The molecule has 0 saturated carbocycles. The normalized spacial score (nSPS) is 12.2. The molecular weight excluding hydrogens is 412 g/mol. The molecule has 0 bridgehead atoms. The summed E-state index contributed by atoms with van der Waals surface area (Å²) in [5.74, 6) is 0. The van der Waals surface area contributed by atoms with Crippen molar-refractivity contribution in [2.75, 3.05) is 0 Å². The molecule has 4 heterocycles. The highest BCUT2D eigenvalue weighted by atomic mass is 32.1. The maximum absolute atomic E-state index is 5.40.